The third kappa shape index (κ3) is 6.54. The highest BCUT2D eigenvalue weighted by atomic mass is 16.5. The number of benzene rings is 3. The van der Waals surface area contributed by atoms with E-state index >= 15 is 0 Å². The van der Waals surface area contributed by atoms with Gasteiger partial charge in [0.05, 0.1) is 11.3 Å². The molecule has 10 heteroatoms. The number of anilines is 3. The lowest BCUT2D eigenvalue weighted by atomic mass is 10.0. The zero-order chi connectivity index (χ0) is 29.4. The Morgan fingerprint density at radius 3 is 2.40 bits per heavy atom. The van der Waals surface area contributed by atoms with E-state index in [0.29, 0.717) is 47.6 Å². The number of carboxylic acid groups (broad SMARTS) is 1. The molecule has 6 aromatic rings. The second-order valence-electron chi connectivity index (χ2n) is 9.61. The molecule has 43 heavy (non-hydrogen) atoms. The van der Waals surface area contributed by atoms with E-state index in [4.69, 9.17) is 9.84 Å². The number of rotatable bonds is 11. The van der Waals surface area contributed by atoms with Gasteiger partial charge in [-0.25, -0.2) is 15.0 Å². The van der Waals surface area contributed by atoms with Gasteiger partial charge in [-0.05, 0) is 48.9 Å². The first-order valence-electron chi connectivity index (χ1n) is 13.7. The fourth-order valence-electron chi connectivity index (χ4n) is 4.56. The Morgan fingerprint density at radius 1 is 0.791 bits per heavy atom. The molecule has 0 aliphatic heterocycles. The molecule has 0 amide bonds. The summed E-state index contributed by atoms with van der Waals surface area (Å²) >= 11 is 0. The Hall–Kier alpha value is -5.90. The van der Waals surface area contributed by atoms with E-state index in [9.17, 15) is 4.79 Å². The molecule has 0 fully saturated rings. The van der Waals surface area contributed by atoms with E-state index in [1.165, 1.54) is 0 Å². The predicted octanol–water partition coefficient (Wildman–Crippen LogP) is 6.96. The number of hydrogen-bond acceptors (Lipinski definition) is 9. The van der Waals surface area contributed by atoms with E-state index in [1.54, 1.807) is 18.5 Å². The quantitative estimate of drug-likeness (QED) is 0.140. The maximum Gasteiger partial charge on any atom is 0.303 e. The zero-order valence-electron chi connectivity index (χ0n) is 23.0. The molecule has 0 aliphatic carbocycles. The SMILES string of the molecule is O=C(O)CCCNc1nccc(-c2cccnc2Oc2ccc(Nc3nnc(-c4ccccc4)c4ccccc34)cc2)n1. The van der Waals surface area contributed by atoms with Crippen LogP contribution in [0.1, 0.15) is 12.8 Å². The zero-order valence-corrected chi connectivity index (χ0v) is 23.0. The van der Waals surface area contributed by atoms with Crippen LogP contribution in [0.3, 0.4) is 0 Å². The highest BCUT2D eigenvalue weighted by Gasteiger charge is 2.13. The molecule has 0 bridgehead atoms. The molecule has 0 spiro atoms. The molecule has 10 nitrogen and oxygen atoms in total. The molecule has 0 radical (unpaired) electrons. The Bertz CT molecular complexity index is 1870. The summed E-state index contributed by atoms with van der Waals surface area (Å²) in [6.07, 6.45) is 3.84. The van der Waals surface area contributed by atoms with Crippen LogP contribution in [-0.2, 0) is 4.79 Å². The number of aliphatic carboxylic acids is 1. The fourth-order valence-corrected chi connectivity index (χ4v) is 4.56. The maximum atomic E-state index is 10.8. The topological polar surface area (TPSA) is 135 Å². The van der Waals surface area contributed by atoms with Crippen molar-refractivity contribution in [2.24, 2.45) is 0 Å². The summed E-state index contributed by atoms with van der Waals surface area (Å²) in [6, 6.07) is 31.1. The van der Waals surface area contributed by atoms with Gasteiger partial charge in [-0.3, -0.25) is 4.79 Å². The monoisotopic (exact) mass is 569 g/mol. The molecule has 0 atom stereocenters. The number of pyridine rings is 1. The first kappa shape index (κ1) is 27.3. The highest BCUT2D eigenvalue weighted by Crippen LogP contribution is 2.33. The number of hydrogen-bond donors (Lipinski definition) is 3. The standard InChI is InChI=1S/C33H27N7O3/c41-29(42)13-7-20-35-33-36-21-18-28(38-33)27-12-6-19-34-32(27)43-24-16-14-23(15-17-24)37-31-26-11-5-4-10-25(26)30(39-40-31)22-8-2-1-3-9-22/h1-6,8-12,14-19,21H,7,13,20H2,(H,37,40)(H,41,42)(H,35,36,38). The van der Waals surface area contributed by atoms with Gasteiger partial charge in [-0.2, -0.15) is 0 Å². The summed E-state index contributed by atoms with van der Waals surface area (Å²) in [4.78, 5) is 24.0. The van der Waals surface area contributed by atoms with Crippen molar-refractivity contribution in [3.05, 3.63) is 109 Å². The summed E-state index contributed by atoms with van der Waals surface area (Å²) in [5.41, 5.74) is 4.00. The number of carboxylic acids is 1. The van der Waals surface area contributed by atoms with Crippen molar-refractivity contribution in [2.75, 3.05) is 17.2 Å². The van der Waals surface area contributed by atoms with Gasteiger partial charge in [0.2, 0.25) is 11.8 Å². The second kappa shape index (κ2) is 12.7. The predicted molar refractivity (Wildman–Crippen MR) is 165 cm³/mol. The Balaban J connectivity index is 1.18. The summed E-state index contributed by atoms with van der Waals surface area (Å²) in [5.74, 6) is 1.22. The third-order valence-corrected chi connectivity index (χ3v) is 6.62. The number of nitrogens with zero attached hydrogens (tertiary/aromatic N) is 5. The van der Waals surface area contributed by atoms with Crippen molar-refractivity contribution in [1.82, 2.24) is 25.1 Å². The average Bonchev–Trinajstić information content (AvgIpc) is 3.05. The van der Waals surface area contributed by atoms with Crippen molar-refractivity contribution >= 4 is 34.2 Å². The smallest absolute Gasteiger partial charge is 0.303 e. The molecule has 3 N–H and O–H groups in total. The molecule has 3 heterocycles. The fraction of sp³-hybridized carbons (Fsp3) is 0.0909. The molecule has 3 aromatic heterocycles. The van der Waals surface area contributed by atoms with E-state index in [1.807, 2.05) is 84.9 Å². The molecule has 0 unspecified atom stereocenters. The average molecular weight is 570 g/mol. The summed E-state index contributed by atoms with van der Waals surface area (Å²) in [7, 11) is 0. The largest absolute Gasteiger partial charge is 0.481 e. The first-order chi connectivity index (χ1) is 21.1. The molecule has 212 valence electrons. The highest BCUT2D eigenvalue weighted by molar-refractivity contribution is 6.00. The van der Waals surface area contributed by atoms with Gasteiger partial charge < -0.3 is 20.5 Å². The van der Waals surface area contributed by atoms with Crippen LogP contribution >= 0.6 is 0 Å². The van der Waals surface area contributed by atoms with Gasteiger partial charge in [0.15, 0.2) is 5.82 Å². The number of aromatic nitrogens is 5. The van der Waals surface area contributed by atoms with Crippen molar-refractivity contribution in [1.29, 1.82) is 0 Å². The van der Waals surface area contributed by atoms with Crippen LogP contribution < -0.4 is 15.4 Å². The van der Waals surface area contributed by atoms with Crippen LogP contribution in [0.4, 0.5) is 17.5 Å². The molecule has 6 rings (SSSR count). The van der Waals surface area contributed by atoms with Crippen molar-refractivity contribution in [3.63, 3.8) is 0 Å². The van der Waals surface area contributed by atoms with Gasteiger partial charge >= 0.3 is 5.97 Å². The molecule has 0 aliphatic rings. The lowest BCUT2D eigenvalue weighted by Crippen LogP contribution is -2.07. The van der Waals surface area contributed by atoms with Crippen molar-refractivity contribution in [3.8, 4) is 34.1 Å². The molecular weight excluding hydrogens is 542 g/mol. The normalized spacial score (nSPS) is 10.8. The van der Waals surface area contributed by atoms with E-state index in [-0.39, 0.29) is 6.42 Å². The lowest BCUT2D eigenvalue weighted by molar-refractivity contribution is -0.137. The summed E-state index contributed by atoms with van der Waals surface area (Å²) in [5, 5.41) is 26.3. The van der Waals surface area contributed by atoms with Crippen LogP contribution in [0.25, 0.3) is 33.3 Å². The minimum absolute atomic E-state index is 0.0755. The van der Waals surface area contributed by atoms with Gasteiger partial charge in [0, 0.05) is 47.4 Å². The minimum atomic E-state index is -0.836. The number of fused-ring (bicyclic) bond motifs is 1. The van der Waals surface area contributed by atoms with Crippen molar-refractivity contribution in [2.45, 2.75) is 12.8 Å². The molecule has 3 aromatic carbocycles. The third-order valence-electron chi connectivity index (χ3n) is 6.62. The molecule has 0 saturated carbocycles. The number of nitrogens with one attached hydrogen (secondary N) is 2. The van der Waals surface area contributed by atoms with Gasteiger partial charge in [-0.15, -0.1) is 10.2 Å². The Kier molecular flexibility index (Phi) is 8.08. The van der Waals surface area contributed by atoms with Crippen LogP contribution in [0.15, 0.2) is 109 Å². The van der Waals surface area contributed by atoms with Crippen LogP contribution in [0.2, 0.25) is 0 Å². The van der Waals surface area contributed by atoms with Crippen LogP contribution in [-0.4, -0.2) is 42.8 Å². The summed E-state index contributed by atoms with van der Waals surface area (Å²) in [6.45, 7) is 0.449. The van der Waals surface area contributed by atoms with Gasteiger partial charge in [-0.1, -0.05) is 54.6 Å². The van der Waals surface area contributed by atoms with E-state index in [2.05, 4.69) is 41.8 Å². The van der Waals surface area contributed by atoms with Crippen LogP contribution in [0, 0.1) is 0 Å². The minimum Gasteiger partial charge on any atom is -0.481 e. The number of ether oxygens (including phenoxy) is 1. The Morgan fingerprint density at radius 2 is 1.58 bits per heavy atom. The Labute approximate surface area is 247 Å². The van der Waals surface area contributed by atoms with Gasteiger partial charge in [0.25, 0.3) is 0 Å². The lowest BCUT2D eigenvalue weighted by Gasteiger charge is -2.13. The molecule has 0 saturated heterocycles. The van der Waals surface area contributed by atoms with E-state index < -0.39 is 5.97 Å². The second-order valence-corrected chi connectivity index (χ2v) is 9.61. The maximum absolute atomic E-state index is 10.8. The number of carbonyl (C=O) groups is 1. The van der Waals surface area contributed by atoms with Crippen LogP contribution in [0.5, 0.6) is 11.6 Å². The first-order valence-corrected chi connectivity index (χ1v) is 13.7. The van der Waals surface area contributed by atoms with Gasteiger partial charge in [0.1, 0.15) is 11.4 Å². The summed E-state index contributed by atoms with van der Waals surface area (Å²) < 4.78 is 6.16. The van der Waals surface area contributed by atoms with Crippen molar-refractivity contribution < 1.29 is 14.6 Å². The molecular formula is C33H27N7O3. The van der Waals surface area contributed by atoms with E-state index in [0.717, 1.165) is 27.7 Å².